The predicted octanol–water partition coefficient (Wildman–Crippen LogP) is 2.62. The molecule has 0 aliphatic heterocycles. The first kappa shape index (κ1) is 19.6. The van der Waals surface area contributed by atoms with E-state index in [2.05, 4.69) is 22.1 Å². The van der Waals surface area contributed by atoms with Gasteiger partial charge in [0.2, 0.25) is 10.0 Å². The first-order chi connectivity index (χ1) is 11.8. The molecule has 2 rings (SSSR count). The molecular weight excluding hydrogens is 336 g/mol. The van der Waals surface area contributed by atoms with E-state index in [9.17, 15) is 8.42 Å². The minimum atomic E-state index is -3.50. The molecular formula is C18H28N4O2S. The van der Waals surface area contributed by atoms with Crippen molar-refractivity contribution in [1.82, 2.24) is 19.0 Å². The molecule has 1 aromatic heterocycles. The van der Waals surface area contributed by atoms with Crippen LogP contribution in [-0.2, 0) is 23.2 Å². The zero-order valence-electron chi connectivity index (χ0n) is 15.7. The monoisotopic (exact) mass is 364 g/mol. The van der Waals surface area contributed by atoms with Crippen LogP contribution in [0, 0.1) is 13.8 Å². The number of rotatable bonds is 8. The van der Waals surface area contributed by atoms with Crippen molar-refractivity contribution in [2.24, 2.45) is 0 Å². The van der Waals surface area contributed by atoms with Gasteiger partial charge >= 0.3 is 0 Å². The highest BCUT2D eigenvalue weighted by molar-refractivity contribution is 7.89. The van der Waals surface area contributed by atoms with Gasteiger partial charge in [-0.3, -0.25) is 9.58 Å². The molecule has 0 aliphatic rings. The summed E-state index contributed by atoms with van der Waals surface area (Å²) < 4.78 is 29.0. The molecule has 0 unspecified atom stereocenters. The van der Waals surface area contributed by atoms with Crippen molar-refractivity contribution in [1.29, 1.82) is 0 Å². The van der Waals surface area contributed by atoms with E-state index in [0.717, 1.165) is 6.54 Å². The van der Waals surface area contributed by atoms with E-state index in [-0.39, 0.29) is 0 Å². The highest BCUT2D eigenvalue weighted by atomic mass is 32.2. The van der Waals surface area contributed by atoms with Gasteiger partial charge in [0.25, 0.3) is 0 Å². The zero-order valence-corrected chi connectivity index (χ0v) is 16.5. The maximum Gasteiger partial charge on any atom is 0.246 e. The number of sulfonamides is 1. The largest absolute Gasteiger partial charge is 0.283 e. The Hall–Kier alpha value is -1.70. The molecule has 138 valence electrons. The second-order valence-electron chi connectivity index (χ2n) is 6.23. The normalized spacial score (nSPS) is 12.3. The van der Waals surface area contributed by atoms with Crippen molar-refractivity contribution in [3.8, 4) is 0 Å². The summed E-state index contributed by atoms with van der Waals surface area (Å²) in [5, 5.41) is 4.48. The van der Waals surface area contributed by atoms with E-state index in [1.54, 1.807) is 11.6 Å². The van der Waals surface area contributed by atoms with Crippen molar-refractivity contribution in [3.63, 3.8) is 0 Å². The lowest BCUT2D eigenvalue weighted by Crippen LogP contribution is -2.31. The minimum absolute atomic E-state index is 0.337. The molecule has 2 aromatic rings. The summed E-state index contributed by atoms with van der Waals surface area (Å²) in [7, 11) is -1.50. The van der Waals surface area contributed by atoms with E-state index in [1.807, 2.05) is 46.0 Å². The molecule has 1 heterocycles. The summed E-state index contributed by atoms with van der Waals surface area (Å²) in [6.07, 6.45) is 0. The van der Waals surface area contributed by atoms with E-state index in [4.69, 9.17) is 0 Å². The van der Waals surface area contributed by atoms with Gasteiger partial charge in [0, 0.05) is 19.6 Å². The molecule has 0 atom stereocenters. The van der Waals surface area contributed by atoms with Gasteiger partial charge in [-0.2, -0.15) is 9.40 Å². The highest BCUT2D eigenvalue weighted by Gasteiger charge is 2.29. The zero-order chi connectivity index (χ0) is 18.6. The van der Waals surface area contributed by atoms with Crippen LogP contribution in [0.5, 0.6) is 0 Å². The Kier molecular flexibility index (Phi) is 6.37. The van der Waals surface area contributed by atoms with Gasteiger partial charge < -0.3 is 0 Å². The van der Waals surface area contributed by atoms with E-state index >= 15 is 0 Å². The fourth-order valence-electron chi connectivity index (χ4n) is 3.06. The number of hydrogen-bond acceptors (Lipinski definition) is 4. The lowest BCUT2D eigenvalue weighted by Gasteiger charge is -2.20. The average Bonchev–Trinajstić information content (AvgIpc) is 2.83. The maximum absolute atomic E-state index is 12.9. The van der Waals surface area contributed by atoms with Crippen LogP contribution in [0.4, 0.5) is 0 Å². The Morgan fingerprint density at radius 2 is 1.68 bits per heavy atom. The third-order valence-electron chi connectivity index (χ3n) is 4.29. The molecule has 7 heteroatoms. The number of aryl methyl sites for hydroxylation is 1. The Balaban J connectivity index is 2.24. The number of hydrogen-bond donors (Lipinski definition) is 0. The molecule has 0 amide bonds. The summed E-state index contributed by atoms with van der Waals surface area (Å²) in [5.41, 5.74) is 2.45. The molecule has 0 radical (unpaired) electrons. The van der Waals surface area contributed by atoms with Crippen LogP contribution in [0.1, 0.15) is 30.8 Å². The number of aromatic nitrogens is 2. The SMILES string of the molecule is CCN(CC)S(=O)(=O)c1c(C)nn(CN(C)Cc2ccccc2)c1C. The standard InChI is InChI=1S/C18H28N4O2S/c1-6-21(7-2)25(23,24)18-15(3)19-22(16(18)4)14-20(5)13-17-11-9-8-10-12-17/h8-12H,6-7,13-14H2,1-5H3. The van der Waals surface area contributed by atoms with Crippen molar-refractivity contribution in [2.75, 3.05) is 20.1 Å². The van der Waals surface area contributed by atoms with Gasteiger partial charge in [-0.25, -0.2) is 8.42 Å². The van der Waals surface area contributed by atoms with Gasteiger partial charge in [0.05, 0.1) is 18.1 Å². The molecule has 0 saturated heterocycles. The first-order valence-electron chi connectivity index (χ1n) is 8.57. The van der Waals surface area contributed by atoms with Gasteiger partial charge in [-0.1, -0.05) is 44.2 Å². The Labute approximate surface area is 151 Å². The Bertz CT molecular complexity index is 796. The van der Waals surface area contributed by atoms with Crippen LogP contribution in [-0.4, -0.2) is 47.5 Å². The second-order valence-corrected chi connectivity index (χ2v) is 8.10. The van der Waals surface area contributed by atoms with Crippen LogP contribution >= 0.6 is 0 Å². The average molecular weight is 365 g/mol. The van der Waals surface area contributed by atoms with E-state index in [1.165, 1.54) is 9.87 Å². The molecule has 25 heavy (non-hydrogen) atoms. The summed E-state index contributed by atoms with van der Waals surface area (Å²) >= 11 is 0. The molecule has 0 N–H and O–H groups in total. The van der Waals surface area contributed by atoms with Crippen LogP contribution in [0.3, 0.4) is 0 Å². The molecule has 6 nitrogen and oxygen atoms in total. The van der Waals surface area contributed by atoms with Crippen LogP contribution < -0.4 is 0 Å². The second kappa shape index (κ2) is 8.12. The van der Waals surface area contributed by atoms with E-state index < -0.39 is 10.0 Å². The third-order valence-corrected chi connectivity index (χ3v) is 6.59. The smallest absolute Gasteiger partial charge is 0.246 e. The highest BCUT2D eigenvalue weighted by Crippen LogP contribution is 2.23. The summed E-state index contributed by atoms with van der Waals surface area (Å²) in [6, 6.07) is 10.2. The first-order valence-corrected chi connectivity index (χ1v) is 10.0. The fourth-order valence-corrected chi connectivity index (χ4v) is 4.89. The third kappa shape index (κ3) is 4.29. The Morgan fingerprint density at radius 1 is 1.08 bits per heavy atom. The van der Waals surface area contributed by atoms with Crippen molar-refractivity contribution in [3.05, 3.63) is 47.3 Å². The van der Waals surface area contributed by atoms with Crippen molar-refractivity contribution < 1.29 is 8.42 Å². The lowest BCUT2D eigenvalue weighted by molar-refractivity contribution is 0.243. The van der Waals surface area contributed by atoms with Gasteiger partial charge in [0.15, 0.2) is 0 Å². The van der Waals surface area contributed by atoms with Gasteiger partial charge in [-0.15, -0.1) is 0 Å². The van der Waals surface area contributed by atoms with E-state index in [0.29, 0.717) is 36.0 Å². The number of nitrogens with zero attached hydrogens (tertiary/aromatic N) is 4. The predicted molar refractivity (Wildman–Crippen MR) is 99.7 cm³/mol. The number of benzene rings is 1. The summed E-state index contributed by atoms with van der Waals surface area (Å²) in [6.45, 7) is 9.51. The Morgan fingerprint density at radius 3 is 2.24 bits per heavy atom. The quantitative estimate of drug-likeness (QED) is 0.722. The van der Waals surface area contributed by atoms with Crippen molar-refractivity contribution >= 4 is 10.0 Å². The van der Waals surface area contributed by atoms with Crippen LogP contribution in [0.15, 0.2) is 35.2 Å². The van der Waals surface area contributed by atoms with Crippen molar-refractivity contribution in [2.45, 2.75) is 45.8 Å². The lowest BCUT2D eigenvalue weighted by atomic mass is 10.2. The molecule has 0 saturated carbocycles. The molecule has 0 fully saturated rings. The molecule has 0 aliphatic carbocycles. The topological polar surface area (TPSA) is 58.4 Å². The molecule has 1 aromatic carbocycles. The summed E-state index contributed by atoms with van der Waals surface area (Å²) in [4.78, 5) is 2.45. The minimum Gasteiger partial charge on any atom is -0.283 e. The van der Waals surface area contributed by atoms with Crippen LogP contribution in [0.2, 0.25) is 0 Å². The maximum atomic E-state index is 12.9. The molecule has 0 spiro atoms. The van der Waals surface area contributed by atoms with Crippen LogP contribution in [0.25, 0.3) is 0 Å². The fraction of sp³-hybridized carbons (Fsp3) is 0.500. The van der Waals surface area contributed by atoms with Gasteiger partial charge in [-0.05, 0) is 26.5 Å². The van der Waals surface area contributed by atoms with Gasteiger partial charge in [0.1, 0.15) is 4.90 Å². The molecule has 0 bridgehead atoms. The summed E-state index contributed by atoms with van der Waals surface area (Å²) in [5.74, 6) is 0.